The monoisotopic (exact) mass is 305 g/mol. The summed E-state index contributed by atoms with van der Waals surface area (Å²) >= 11 is 0. The van der Waals surface area contributed by atoms with Crippen LogP contribution in [0.1, 0.15) is 19.4 Å². The fourth-order valence-electron chi connectivity index (χ4n) is 2.63. The van der Waals surface area contributed by atoms with Crippen LogP contribution in [0, 0.1) is 0 Å². The molecule has 1 saturated heterocycles. The van der Waals surface area contributed by atoms with Gasteiger partial charge in [-0.3, -0.25) is 9.69 Å². The number of nitrogens with one attached hydrogen (secondary N) is 1. The Kier molecular flexibility index (Phi) is 6.21. The molecule has 1 aromatic carbocycles. The summed E-state index contributed by atoms with van der Waals surface area (Å²) in [5, 5.41) is 3.34. The van der Waals surface area contributed by atoms with Crippen LogP contribution in [0.5, 0.6) is 5.75 Å². The summed E-state index contributed by atoms with van der Waals surface area (Å²) in [4.78, 5) is 16.4. The van der Waals surface area contributed by atoms with Gasteiger partial charge in [0.2, 0.25) is 5.91 Å². The third-order valence-corrected chi connectivity index (χ3v) is 4.06. The molecule has 2 rings (SSSR count). The first-order chi connectivity index (χ1) is 10.6. The van der Waals surface area contributed by atoms with Gasteiger partial charge in [-0.05, 0) is 31.5 Å². The van der Waals surface area contributed by atoms with E-state index in [9.17, 15) is 4.79 Å². The molecule has 1 fully saturated rings. The molecule has 0 spiro atoms. The highest BCUT2D eigenvalue weighted by atomic mass is 16.5. The quantitative estimate of drug-likeness (QED) is 0.861. The van der Waals surface area contributed by atoms with E-state index in [2.05, 4.69) is 17.1 Å². The highest BCUT2D eigenvalue weighted by Gasteiger charge is 2.21. The molecule has 1 amide bonds. The van der Waals surface area contributed by atoms with Crippen LogP contribution < -0.4 is 10.1 Å². The number of likely N-dealkylation sites (N-methyl/N-ethyl adjacent to an activating group) is 1. The lowest BCUT2D eigenvalue weighted by Gasteiger charge is -2.34. The number of piperazine rings is 1. The Hall–Kier alpha value is -1.59. The zero-order valence-corrected chi connectivity index (χ0v) is 13.8. The van der Waals surface area contributed by atoms with Gasteiger partial charge in [0, 0.05) is 39.3 Å². The van der Waals surface area contributed by atoms with E-state index in [1.807, 2.05) is 38.2 Å². The first-order valence-corrected chi connectivity index (χ1v) is 8.00. The second kappa shape index (κ2) is 8.15. The highest BCUT2D eigenvalue weighted by Crippen LogP contribution is 2.13. The normalized spacial score (nSPS) is 19.0. The van der Waals surface area contributed by atoms with E-state index in [1.165, 1.54) is 0 Å². The van der Waals surface area contributed by atoms with Gasteiger partial charge >= 0.3 is 0 Å². The molecule has 22 heavy (non-hydrogen) atoms. The molecule has 0 aliphatic carbocycles. The molecular formula is C17H27N3O2. The maximum Gasteiger partial charge on any atom is 0.236 e. The van der Waals surface area contributed by atoms with E-state index in [4.69, 9.17) is 4.74 Å². The van der Waals surface area contributed by atoms with Crippen LogP contribution >= 0.6 is 0 Å². The van der Waals surface area contributed by atoms with Crippen molar-refractivity contribution in [1.82, 2.24) is 15.1 Å². The van der Waals surface area contributed by atoms with Crippen LogP contribution in [0.3, 0.4) is 0 Å². The first kappa shape index (κ1) is 16.8. The van der Waals surface area contributed by atoms with Crippen molar-refractivity contribution >= 4 is 5.91 Å². The summed E-state index contributed by atoms with van der Waals surface area (Å²) in [5.41, 5.74) is 1.12. The Morgan fingerprint density at radius 1 is 1.41 bits per heavy atom. The number of ether oxygens (including phenoxy) is 1. The Bertz CT molecular complexity index is 475. The Morgan fingerprint density at radius 3 is 2.77 bits per heavy atom. The van der Waals surface area contributed by atoms with Gasteiger partial charge in [0.15, 0.2) is 0 Å². The number of hydrogen-bond acceptors (Lipinski definition) is 4. The molecule has 1 aromatic rings. The van der Waals surface area contributed by atoms with Crippen LogP contribution in [0.15, 0.2) is 24.3 Å². The first-order valence-electron chi connectivity index (χ1n) is 8.00. The van der Waals surface area contributed by atoms with E-state index >= 15 is 0 Å². The molecule has 5 heteroatoms. The summed E-state index contributed by atoms with van der Waals surface area (Å²) in [6.45, 7) is 8.77. The number of nitrogens with zero attached hydrogens (tertiary/aromatic N) is 2. The minimum absolute atomic E-state index is 0.169. The van der Waals surface area contributed by atoms with Crippen molar-refractivity contribution in [3.63, 3.8) is 0 Å². The maximum atomic E-state index is 12.4. The average molecular weight is 305 g/mol. The van der Waals surface area contributed by atoms with Crippen LogP contribution in [0.4, 0.5) is 0 Å². The van der Waals surface area contributed by atoms with Gasteiger partial charge in [0.1, 0.15) is 5.75 Å². The Labute approximate surface area is 133 Å². The number of hydrogen-bond donors (Lipinski definition) is 1. The van der Waals surface area contributed by atoms with Crippen molar-refractivity contribution in [2.24, 2.45) is 0 Å². The summed E-state index contributed by atoms with van der Waals surface area (Å²) in [5.74, 6) is 1.04. The van der Waals surface area contributed by atoms with Crippen molar-refractivity contribution in [2.45, 2.75) is 26.4 Å². The van der Waals surface area contributed by atoms with Crippen LogP contribution in [0.2, 0.25) is 0 Å². The van der Waals surface area contributed by atoms with E-state index in [1.54, 1.807) is 4.90 Å². The second-order valence-corrected chi connectivity index (χ2v) is 5.85. The van der Waals surface area contributed by atoms with Crippen molar-refractivity contribution in [3.05, 3.63) is 29.8 Å². The highest BCUT2D eigenvalue weighted by molar-refractivity contribution is 5.78. The lowest BCUT2D eigenvalue weighted by Crippen LogP contribution is -2.52. The fourth-order valence-corrected chi connectivity index (χ4v) is 2.63. The molecule has 0 saturated carbocycles. The topological polar surface area (TPSA) is 44.8 Å². The van der Waals surface area contributed by atoms with Gasteiger partial charge < -0.3 is 15.0 Å². The molecule has 0 unspecified atom stereocenters. The molecule has 0 bridgehead atoms. The maximum absolute atomic E-state index is 12.4. The van der Waals surface area contributed by atoms with E-state index in [0.29, 0.717) is 25.7 Å². The predicted molar refractivity (Wildman–Crippen MR) is 88.0 cm³/mol. The number of benzene rings is 1. The van der Waals surface area contributed by atoms with Crippen molar-refractivity contribution in [1.29, 1.82) is 0 Å². The smallest absolute Gasteiger partial charge is 0.236 e. The zero-order valence-electron chi connectivity index (χ0n) is 13.8. The summed E-state index contributed by atoms with van der Waals surface area (Å²) in [7, 11) is 1.87. The largest absolute Gasteiger partial charge is 0.494 e. The van der Waals surface area contributed by atoms with Crippen LogP contribution in [-0.4, -0.2) is 61.6 Å². The van der Waals surface area contributed by atoms with Crippen molar-refractivity contribution in [2.75, 3.05) is 39.8 Å². The molecule has 1 heterocycles. The lowest BCUT2D eigenvalue weighted by atomic mass is 10.2. The molecule has 1 aliphatic rings. The van der Waals surface area contributed by atoms with Crippen molar-refractivity contribution < 1.29 is 9.53 Å². The molecule has 1 aliphatic heterocycles. The summed E-state index contributed by atoms with van der Waals surface area (Å²) in [6, 6.07) is 8.35. The molecule has 122 valence electrons. The van der Waals surface area contributed by atoms with Gasteiger partial charge in [-0.25, -0.2) is 0 Å². The minimum Gasteiger partial charge on any atom is -0.494 e. The number of amides is 1. The predicted octanol–water partition coefficient (Wildman–Crippen LogP) is 1.34. The van der Waals surface area contributed by atoms with Gasteiger partial charge in [0.25, 0.3) is 0 Å². The third-order valence-electron chi connectivity index (χ3n) is 4.06. The molecular weight excluding hydrogens is 278 g/mol. The van der Waals surface area contributed by atoms with E-state index in [0.717, 1.165) is 30.9 Å². The van der Waals surface area contributed by atoms with Crippen LogP contribution in [0.25, 0.3) is 0 Å². The van der Waals surface area contributed by atoms with E-state index < -0.39 is 0 Å². The average Bonchev–Trinajstić information content (AvgIpc) is 2.51. The van der Waals surface area contributed by atoms with Crippen molar-refractivity contribution in [3.8, 4) is 5.75 Å². The number of carbonyl (C=O) groups is 1. The lowest BCUT2D eigenvalue weighted by molar-refractivity contribution is -0.132. The molecule has 1 N–H and O–H groups in total. The Morgan fingerprint density at radius 2 is 2.14 bits per heavy atom. The summed E-state index contributed by atoms with van der Waals surface area (Å²) < 4.78 is 5.43. The van der Waals surface area contributed by atoms with Gasteiger partial charge in [-0.15, -0.1) is 0 Å². The number of carbonyl (C=O) groups excluding carboxylic acids is 1. The van der Waals surface area contributed by atoms with E-state index in [-0.39, 0.29) is 5.91 Å². The zero-order chi connectivity index (χ0) is 15.9. The molecule has 5 nitrogen and oxygen atoms in total. The van der Waals surface area contributed by atoms with Gasteiger partial charge in [-0.1, -0.05) is 12.1 Å². The third kappa shape index (κ3) is 4.71. The van der Waals surface area contributed by atoms with Crippen LogP contribution in [-0.2, 0) is 11.3 Å². The Balaban J connectivity index is 1.85. The number of rotatable bonds is 6. The molecule has 0 radical (unpaired) electrons. The second-order valence-electron chi connectivity index (χ2n) is 5.85. The SMILES string of the molecule is CCOc1ccc(CN(C)C(=O)CN2CCNC[C@@H]2C)cc1. The fraction of sp³-hybridized carbons (Fsp3) is 0.588. The van der Waals surface area contributed by atoms with Gasteiger partial charge in [0.05, 0.1) is 13.2 Å². The van der Waals surface area contributed by atoms with Gasteiger partial charge in [-0.2, -0.15) is 0 Å². The standard InChI is InChI=1S/C17H27N3O2/c1-4-22-16-7-5-15(6-8-16)12-19(3)17(21)13-20-10-9-18-11-14(20)2/h5-8,14,18H,4,9-13H2,1-3H3/t14-/m0/s1. The molecule has 1 atom stereocenters. The minimum atomic E-state index is 0.169. The summed E-state index contributed by atoms with van der Waals surface area (Å²) in [6.07, 6.45) is 0. The molecule has 0 aromatic heterocycles.